The Kier molecular flexibility index (Phi) is 3.49. The lowest BCUT2D eigenvalue weighted by Gasteiger charge is -1.96. The van der Waals surface area contributed by atoms with Crippen molar-refractivity contribution in [2.24, 2.45) is 0 Å². The standard InChI is InChI=1S/C10H9N.CH2O2/c11-10-6-5-8-3-1-2-4-9(8)7-10;2-1-3/h1-7H,11H2;1H,(H,2,3). The first-order chi connectivity index (χ1) is 6.77. The van der Waals surface area contributed by atoms with E-state index >= 15 is 0 Å². The Hall–Kier alpha value is -2.03. The molecule has 0 bridgehead atoms. The zero-order chi connectivity index (χ0) is 10.4. The summed E-state index contributed by atoms with van der Waals surface area (Å²) in [6.07, 6.45) is 0. The van der Waals surface area contributed by atoms with E-state index in [-0.39, 0.29) is 6.47 Å². The molecule has 0 aromatic heterocycles. The SMILES string of the molecule is Nc1ccc2ccccc2c1.O=CO. The molecule has 0 aliphatic rings. The second-order valence-corrected chi connectivity index (χ2v) is 2.71. The number of anilines is 1. The van der Waals surface area contributed by atoms with E-state index in [0.29, 0.717) is 0 Å². The van der Waals surface area contributed by atoms with Crippen molar-refractivity contribution in [1.82, 2.24) is 0 Å². The molecule has 2 rings (SSSR count). The molecule has 0 aliphatic carbocycles. The number of carbonyl (C=O) groups is 1. The summed E-state index contributed by atoms with van der Waals surface area (Å²) in [5.74, 6) is 0. The summed E-state index contributed by atoms with van der Waals surface area (Å²) in [6.45, 7) is -0.250. The maximum Gasteiger partial charge on any atom is 0.290 e. The van der Waals surface area contributed by atoms with Crippen molar-refractivity contribution in [1.29, 1.82) is 0 Å². The summed E-state index contributed by atoms with van der Waals surface area (Å²) < 4.78 is 0. The number of rotatable bonds is 0. The van der Waals surface area contributed by atoms with Gasteiger partial charge in [0, 0.05) is 5.69 Å². The van der Waals surface area contributed by atoms with Gasteiger partial charge < -0.3 is 10.8 Å². The van der Waals surface area contributed by atoms with Gasteiger partial charge in [0.2, 0.25) is 0 Å². The van der Waals surface area contributed by atoms with Gasteiger partial charge in [0.15, 0.2) is 0 Å². The van der Waals surface area contributed by atoms with Gasteiger partial charge in [-0.25, -0.2) is 0 Å². The number of benzene rings is 2. The highest BCUT2D eigenvalue weighted by molar-refractivity contribution is 5.85. The highest BCUT2D eigenvalue weighted by atomic mass is 16.3. The number of carboxylic acid groups (broad SMARTS) is 1. The Balaban J connectivity index is 0.000000293. The first-order valence-electron chi connectivity index (χ1n) is 4.10. The average molecular weight is 189 g/mol. The van der Waals surface area contributed by atoms with Crippen molar-refractivity contribution in [2.75, 3.05) is 5.73 Å². The first kappa shape index (κ1) is 10.1. The molecule has 3 nitrogen and oxygen atoms in total. The lowest BCUT2D eigenvalue weighted by molar-refractivity contribution is -0.122. The molecular weight excluding hydrogens is 178 g/mol. The summed E-state index contributed by atoms with van der Waals surface area (Å²) >= 11 is 0. The van der Waals surface area contributed by atoms with E-state index in [4.69, 9.17) is 15.6 Å². The lowest BCUT2D eigenvalue weighted by Crippen LogP contribution is -1.82. The van der Waals surface area contributed by atoms with Gasteiger partial charge >= 0.3 is 0 Å². The van der Waals surface area contributed by atoms with Gasteiger partial charge in [-0.05, 0) is 22.9 Å². The van der Waals surface area contributed by atoms with Gasteiger partial charge in [-0.15, -0.1) is 0 Å². The van der Waals surface area contributed by atoms with Crippen LogP contribution in [0.1, 0.15) is 0 Å². The summed E-state index contributed by atoms with van der Waals surface area (Å²) in [4.78, 5) is 8.36. The van der Waals surface area contributed by atoms with Crippen molar-refractivity contribution in [3.05, 3.63) is 42.5 Å². The molecule has 0 radical (unpaired) electrons. The van der Waals surface area contributed by atoms with Crippen LogP contribution in [0.3, 0.4) is 0 Å². The van der Waals surface area contributed by atoms with Crippen molar-refractivity contribution >= 4 is 22.9 Å². The van der Waals surface area contributed by atoms with Crippen LogP contribution < -0.4 is 5.73 Å². The minimum absolute atomic E-state index is 0.250. The van der Waals surface area contributed by atoms with Crippen LogP contribution in [-0.4, -0.2) is 11.6 Å². The normalized spacial score (nSPS) is 8.86. The van der Waals surface area contributed by atoms with Crippen LogP contribution in [0.15, 0.2) is 42.5 Å². The zero-order valence-corrected chi connectivity index (χ0v) is 7.55. The fourth-order valence-electron chi connectivity index (χ4n) is 1.21. The summed E-state index contributed by atoms with van der Waals surface area (Å²) in [5, 5.41) is 9.33. The van der Waals surface area contributed by atoms with E-state index < -0.39 is 0 Å². The zero-order valence-electron chi connectivity index (χ0n) is 7.55. The molecule has 72 valence electrons. The van der Waals surface area contributed by atoms with Crippen LogP contribution in [-0.2, 0) is 4.79 Å². The van der Waals surface area contributed by atoms with E-state index in [1.54, 1.807) is 0 Å². The number of nitrogen functional groups attached to an aromatic ring is 1. The van der Waals surface area contributed by atoms with Gasteiger partial charge in [-0.3, -0.25) is 4.79 Å². The van der Waals surface area contributed by atoms with Gasteiger partial charge in [-0.1, -0.05) is 30.3 Å². The third-order valence-corrected chi connectivity index (χ3v) is 1.77. The molecule has 0 fully saturated rings. The number of nitrogens with two attached hydrogens (primary N) is 1. The van der Waals surface area contributed by atoms with Crippen molar-refractivity contribution in [3.63, 3.8) is 0 Å². The van der Waals surface area contributed by atoms with E-state index in [2.05, 4.69) is 12.1 Å². The van der Waals surface area contributed by atoms with Crippen LogP contribution in [0.2, 0.25) is 0 Å². The lowest BCUT2D eigenvalue weighted by atomic mass is 10.1. The summed E-state index contributed by atoms with van der Waals surface area (Å²) in [5.41, 5.74) is 6.45. The van der Waals surface area contributed by atoms with Gasteiger partial charge in [-0.2, -0.15) is 0 Å². The highest BCUT2D eigenvalue weighted by Gasteiger charge is 1.89. The highest BCUT2D eigenvalue weighted by Crippen LogP contribution is 2.15. The molecular formula is C11H11NO2. The third kappa shape index (κ3) is 2.48. The quantitative estimate of drug-likeness (QED) is 0.493. The number of hydrogen-bond acceptors (Lipinski definition) is 2. The van der Waals surface area contributed by atoms with E-state index in [1.165, 1.54) is 10.8 Å². The van der Waals surface area contributed by atoms with E-state index in [0.717, 1.165) is 5.69 Å². The van der Waals surface area contributed by atoms with Crippen molar-refractivity contribution in [3.8, 4) is 0 Å². The minimum Gasteiger partial charge on any atom is -0.483 e. The largest absolute Gasteiger partial charge is 0.483 e. The first-order valence-corrected chi connectivity index (χ1v) is 4.10. The monoisotopic (exact) mass is 189 g/mol. The fraction of sp³-hybridized carbons (Fsp3) is 0. The second kappa shape index (κ2) is 4.87. The van der Waals surface area contributed by atoms with Gasteiger partial charge in [0.1, 0.15) is 0 Å². The molecule has 2 aromatic rings. The molecule has 0 saturated carbocycles. The van der Waals surface area contributed by atoms with Crippen molar-refractivity contribution < 1.29 is 9.90 Å². The summed E-state index contributed by atoms with van der Waals surface area (Å²) in [7, 11) is 0. The molecule has 0 spiro atoms. The Labute approximate surface area is 81.8 Å². The van der Waals surface area contributed by atoms with Crippen molar-refractivity contribution in [2.45, 2.75) is 0 Å². The third-order valence-electron chi connectivity index (χ3n) is 1.77. The number of hydrogen-bond donors (Lipinski definition) is 2. The molecule has 14 heavy (non-hydrogen) atoms. The van der Waals surface area contributed by atoms with Crippen LogP contribution in [0.4, 0.5) is 5.69 Å². The van der Waals surface area contributed by atoms with Crippen LogP contribution in [0.5, 0.6) is 0 Å². The molecule has 0 atom stereocenters. The molecule has 0 unspecified atom stereocenters. The molecule has 0 aliphatic heterocycles. The van der Waals surface area contributed by atoms with E-state index in [9.17, 15) is 0 Å². The maximum atomic E-state index is 8.36. The molecule has 2 aromatic carbocycles. The Morgan fingerprint density at radius 3 is 2.29 bits per heavy atom. The molecule has 3 N–H and O–H groups in total. The fourth-order valence-corrected chi connectivity index (χ4v) is 1.21. The van der Waals surface area contributed by atoms with Gasteiger partial charge in [0.25, 0.3) is 6.47 Å². The average Bonchev–Trinajstić information content (AvgIpc) is 2.19. The number of fused-ring (bicyclic) bond motifs is 1. The summed E-state index contributed by atoms with van der Waals surface area (Å²) in [6, 6.07) is 14.1. The Morgan fingerprint density at radius 1 is 1.07 bits per heavy atom. The maximum absolute atomic E-state index is 8.36. The topological polar surface area (TPSA) is 63.3 Å². The van der Waals surface area contributed by atoms with Gasteiger partial charge in [0.05, 0.1) is 0 Å². The predicted molar refractivity (Wildman–Crippen MR) is 57.1 cm³/mol. The predicted octanol–water partition coefficient (Wildman–Crippen LogP) is 2.12. The smallest absolute Gasteiger partial charge is 0.290 e. The van der Waals surface area contributed by atoms with Crippen LogP contribution in [0.25, 0.3) is 10.8 Å². The Bertz CT molecular complexity index is 426. The minimum atomic E-state index is -0.250. The molecule has 0 amide bonds. The molecule has 0 heterocycles. The second-order valence-electron chi connectivity index (χ2n) is 2.71. The molecule has 3 heteroatoms. The van der Waals surface area contributed by atoms with Crippen LogP contribution in [0, 0.1) is 0 Å². The molecule has 0 saturated heterocycles. The Morgan fingerprint density at radius 2 is 1.64 bits per heavy atom. The van der Waals surface area contributed by atoms with Crippen LogP contribution >= 0.6 is 0 Å². The van der Waals surface area contributed by atoms with E-state index in [1.807, 2.05) is 30.3 Å².